The molecule has 27 heavy (non-hydrogen) atoms. The van der Waals surface area contributed by atoms with E-state index in [9.17, 15) is 0 Å². The van der Waals surface area contributed by atoms with Gasteiger partial charge >= 0.3 is 0 Å². The standard InChI is InChI=1S/C22H21N3OS/c1-3-9-20(26-16-6-5-14-25-15-13-23-17-25)18(7-1)11-12-22-24-19-8-2-4-10-21(19)27-22/h1-4,7-13,15,17H,5-6,14,16H2/b12-11+. The van der Waals surface area contributed by atoms with E-state index >= 15 is 0 Å². The van der Waals surface area contributed by atoms with Gasteiger partial charge in [-0.25, -0.2) is 9.97 Å². The zero-order chi connectivity index (χ0) is 18.3. The number of hydrogen-bond acceptors (Lipinski definition) is 4. The van der Waals surface area contributed by atoms with E-state index in [4.69, 9.17) is 4.74 Å². The summed E-state index contributed by atoms with van der Waals surface area (Å²) in [5.41, 5.74) is 2.12. The first-order chi connectivity index (χ1) is 13.4. The van der Waals surface area contributed by atoms with Crippen LogP contribution in [0.5, 0.6) is 5.75 Å². The fraction of sp³-hybridized carbons (Fsp3) is 0.182. The topological polar surface area (TPSA) is 39.9 Å². The van der Waals surface area contributed by atoms with Crippen LogP contribution < -0.4 is 4.74 Å². The Hall–Kier alpha value is -2.92. The highest BCUT2D eigenvalue weighted by atomic mass is 32.1. The van der Waals surface area contributed by atoms with Crippen molar-refractivity contribution in [1.29, 1.82) is 0 Å². The van der Waals surface area contributed by atoms with Crippen molar-refractivity contribution in [3.8, 4) is 5.75 Å². The minimum Gasteiger partial charge on any atom is -0.493 e. The average Bonchev–Trinajstić information content (AvgIpc) is 3.36. The van der Waals surface area contributed by atoms with E-state index in [1.165, 1.54) is 4.70 Å². The van der Waals surface area contributed by atoms with E-state index in [1.54, 1.807) is 11.3 Å². The van der Waals surface area contributed by atoms with Gasteiger partial charge in [0.2, 0.25) is 0 Å². The molecule has 4 nitrogen and oxygen atoms in total. The molecule has 0 saturated carbocycles. The van der Waals surface area contributed by atoms with Crippen molar-refractivity contribution in [1.82, 2.24) is 14.5 Å². The van der Waals surface area contributed by atoms with Gasteiger partial charge in [0.25, 0.3) is 0 Å². The number of hydrogen-bond donors (Lipinski definition) is 0. The number of benzene rings is 2. The third-order valence-corrected chi connectivity index (χ3v) is 5.26. The number of aromatic nitrogens is 3. The summed E-state index contributed by atoms with van der Waals surface area (Å²) in [5.74, 6) is 0.914. The molecule has 0 fully saturated rings. The molecular weight excluding hydrogens is 354 g/mol. The van der Waals surface area contributed by atoms with Crippen LogP contribution in [-0.4, -0.2) is 21.1 Å². The normalized spacial score (nSPS) is 11.4. The number of aryl methyl sites for hydroxylation is 1. The summed E-state index contributed by atoms with van der Waals surface area (Å²) < 4.78 is 9.31. The molecule has 0 aliphatic carbocycles. The van der Waals surface area contributed by atoms with Crippen molar-refractivity contribution < 1.29 is 4.74 Å². The zero-order valence-corrected chi connectivity index (χ0v) is 15.8. The van der Waals surface area contributed by atoms with Crippen LogP contribution in [0.4, 0.5) is 0 Å². The third kappa shape index (κ3) is 4.63. The summed E-state index contributed by atoms with van der Waals surface area (Å²) in [4.78, 5) is 8.71. The molecule has 0 saturated heterocycles. The molecule has 0 bridgehead atoms. The summed E-state index contributed by atoms with van der Waals surface area (Å²) in [6.45, 7) is 1.68. The van der Waals surface area contributed by atoms with Crippen molar-refractivity contribution in [2.45, 2.75) is 19.4 Å². The van der Waals surface area contributed by atoms with Gasteiger partial charge in [-0.15, -0.1) is 11.3 Å². The fourth-order valence-electron chi connectivity index (χ4n) is 2.87. The molecule has 5 heteroatoms. The molecule has 0 amide bonds. The molecule has 2 aromatic heterocycles. The lowest BCUT2D eigenvalue weighted by Gasteiger charge is -2.09. The number of unbranched alkanes of at least 4 members (excludes halogenated alkanes) is 1. The van der Waals surface area contributed by atoms with Crippen LogP contribution in [-0.2, 0) is 6.54 Å². The minimum absolute atomic E-state index is 0.709. The summed E-state index contributed by atoms with van der Waals surface area (Å²) in [6.07, 6.45) is 11.9. The van der Waals surface area contributed by atoms with Gasteiger partial charge in [-0.05, 0) is 43.2 Å². The Morgan fingerprint density at radius 3 is 2.78 bits per heavy atom. The molecule has 0 atom stereocenters. The lowest BCUT2D eigenvalue weighted by Crippen LogP contribution is -2.01. The van der Waals surface area contributed by atoms with Gasteiger partial charge in [-0.3, -0.25) is 0 Å². The van der Waals surface area contributed by atoms with Gasteiger partial charge in [0.15, 0.2) is 0 Å². The Balaban J connectivity index is 1.35. The van der Waals surface area contributed by atoms with E-state index in [0.29, 0.717) is 6.61 Å². The first kappa shape index (κ1) is 17.5. The zero-order valence-electron chi connectivity index (χ0n) is 15.0. The van der Waals surface area contributed by atoms with Crippen LogP contribution in [0.1, 0.15) is 23.4 Å². The number of thiazole rings is 1. The van der Waals surface area contributed by atoms with Crippen molar-refractivity contribution in [2.75, 3.05) is 6.61 Å². The Labute approximate surface area is 162 Å². The number of nitrogens with zero attached hydrogens (tertiary/aromatic N) is 3. The first-order valence-corrected chi connectivity index (χ1v) is 9.91. The van der Waals surface area contributed by atoms with Gasteiger partial charge in [0.05, 0.1) is 23.2 Å². The molecule has 2 aromatic carbocycles. The minimum atomic E-state index is 0.709. The summed E-state index contributed by atoms with van der Waals surface area (Å²) in [5, 5.41) is 1.01. The molecule has 4 rings (SSSR count). The highest BCUT2D eigenvalue weighted by Gasteiger charge is 2.02. The summed E-state index contributed by atoms with van der Waals surface area (Å²) >= 11 is 1.70. The number of rotatable bonds is 8. The summed E-state index contributed by atoms with van der Waals surface area (Å²) in [7, 11) is 0. The Morgan fingerprint density at radius 1 is 1.00 bits per heavy atom. The number of para-hydroxylation sites is 2. The molecule has 2 heterocycles. The predicted octanol–water partition coefficient (Wildman–Crippen LogP) is 5.52. The molecule has 0 radical (unpaired) electrons. The Morgan fingerprint density at radius 2 is 1.89 bits per heavy atom. The average molecular weight is 375 g/mol. The number of fused-ring (bicyclic) bond motifs is 1. The van der Waals surface area contributed by atoms with Gasteiger partial charge in [0, 0.05) is 24.5 Å². The van der Waals surface area contributed by atoms with E-state index in [0.717, 1.165) is 41.2 Å². The summed E-state index contributed by atoms with van der Waals surface area (Å²) in [6, 6.07) is 16.4. The first-order valence-electron chi connectivity index (χ1n) is 9.10. The van der Waals surface area contributed by atoms with Gasteiger partial charge in [-0.2, -0.15) is 0 Å². The van der Waals surface area contributed by atoms with Gasteiger partial charge in [0.1, 0.15) is 10.8 Å². The number of ether oxygens (including phenoxy) is 1. The monoisotopic (exact) mass is 375 g/mol. The lowest BCUT2D eigenvalue weighted by atomic mass is 10.2. The van der Waals surface area contributed by atoms with Crippen LogP contribution in [0, 0.1) is 0 Å². The molecule has 0 unspecified atom stereocenters. The van der Waals surface area contributed by atoms with Gasteiger partial charge in [-0.1, -0.05) is 30.3 Å². The largest absolute Gasteiger partial charge is 0.493 e. The lowest BCUT2D eigenvalue weighted by molar-refractivity contribution is 0.302. The predicted molar refractivity (Wildman–Crippen MR) is 112 cm³/mol. The maximum atomic E-state index is 6.01. The maximum absolute atomic E-state index is 6.01. The van der Waals surface area contributed by atoms with E-state index in [1.807, 2.05) is 55.1 Å². The van der Waals surface area contributed by atoms with Crippen molar-refractivity contribution >= 4 is 33.7 Å². The second-order valence-electron chi connectivity index (χ2n) is 6.25. The smallest absolute Gasteiger partial charge is 0.126 e. The Bertz CT molecular complexity index is 988. The second kappa shape index (κ2) is 8.64. The van der Waals surface area contributed by atoms with Crippen LogP contribution in [0.25, 0.3) is 22.4 Å². The SMILES string of the molecule is C(=C\c1ccccc1OCCCCn1ccnc1)/c1nc2ccccc2s1. The molecule has 0 N–H and O–H groups in total. The van der Waals surface area contributed by atoms with E-state index in [2.05, 4.69) is 38.8 Å². The quantitative estimate of drug-likeness (QED) is 0.381. The van der Waals surface area contributed by atoms with Crippen LogP contribution in [0.3, 0.4) is 0 Å². The van der Waals surface area contributed by atoms with Gasteiger partial charge < -0.3 is 9.30 Å². The second-order valence-corrected chi connectivity index (χ2v) is 7.31. The molecular formula is C22H21N3OS. The molecule has 0 aliphatic heterocycles. The van der Waals surface area contributed by atoms with E-state index < -0.39 is 0 Å². The fourth-order valence-corrected chi connectivity index (χ4v) is 3.74. The molecule has 136 valence electrons. The molecule has 0 spiro atoms. The van der Waals surface area contributed by atoms with E-state index in [-0.39, 0.29) is 0 Å². The molecule has 4 aromatic rings. The maximum Gasteiger partial charge on any atom is 0.126 e. The third-order valence-electron chi connectivity index (χ3n) is 4.26. The molecule has 0 aliphatic rings. The van der Waals surface area contributed by atoms with Crippen LogP contribution in [0.15, 0.2) is 67.3 Å². The van der Waals surface area contributed by atoms with Crippen LogP contribution in [0.2, 0.25) is 0 Å². The van der Waals surface area contributed by atoms with Crippen molar-refractivity contribution in [3.05, 3.63) is 77.8 Å². The van der Waals surface area contributed by atoms with Crippen LogP contribution >= 0.6 is 11.3 Å². The highest BCUT2D eigenvalue weighted by Crippen LogP contribution is 2.25. The Kier molecular flexibility index (Phi) is 5.60. The number of imidazole rings is 1. The van der Waals surface area contributed by atoms with Crippen molar-refractivity contribution in [2.24, 2.45) is 0 Å². The highest BCUT2D eigenvalue weighted by molar-refractivity contribution is 7.19. The van der Waals surface area contributed by atoms with Crippen molar-refractivity contribution in [3.63, 3.8) is 0 Å².